The van der Waals surface area contributed by atoms with Crippen molar-refractivity contribution in [3.8, 4) is 28.1 Å². The predicted molar refractivity (Wildman–Crippen MR) is 110 cm³/mol. The fraction of sp³-hybridized carbons (Fsp3) is 0.250. The number of ether oxygens (including phenoxy) is 1. The zero-order chi connectivity index (χ0) is 19.5. The summed E-state index contributed by atoms with van der Waals surface area (Å²) in [6.07, 6.45) is 6.90. The number of carboxylic acid groups (broad SMARTS) is 1. The molecule has 4 nitrogen and oxygen atoms in total. The second-order valence-electron chi connectivity index (χ2n) is 7.33. The van der Waals surface area contributed by atoms with Gasteiger partial charge in [-0.15, -0.1) is 0 Å². The highest BCUT2D eigenvalue weighted by molar-refractivity contribution is 5.89. The number of nitrogens with zero attached hydrogens (tertiary/aromatic N) is 1. The summed E-state index contributed by atoms with van der Waals surface area (Å²) in [4.78, 5) is 16.0. The maximum absolute atomic E-state index is 11.2. The molecule has 1 heterocycles. The standard InChI is InChI=1S/C24H23NO3/c1-28-21-12-10-19(11-13-21)23-22(18-6-8-20(9-7-18)24(26)27)14-17(15-25-23)5-4-16-2-3-16/h6-16H,2-5H2,1H3,(H,26,27). The Kier molecular flexibility index (Phi) is 5.11. The molecular formula is C24H23NO3. The van der Waals surface area contributed by atoms with E-state index < -0.39 is 5.97 Å². The number of carboxylic acids is 1. The Morgan fingerprint density at radius 1 is 1.07 bits per heavy atom. The van der Waals surface area contributed by atoms with Gasteiger partial charge in [-0.1, -0.05) is 25.0 Å². The first-order valence-corrected chi connectivity index (χ1v) is 9.61. The van der Waals surface area contributed by atoms with Crippen LogP contribution in [0.3, 0.4) is 0 Å². The topological polar surface area (TPSA) is 59.4 Å². The molecule has 2 aromatic carbocycles. The molecular weight excluding hydrogens is 350 g/mol. The first kappa shape index (κ1) is 18.2. The molecule has 1 aliphatic carbocycles. The average Bonchev–Trinajstić information content (AvgIpc) is 3.57. The molecule has 0 unspecified atom stereocenters. The van der Waals surface area contributed by atoms with Crippen LogP contribution in [0, 0.1) is 5.92 Å². The summed E-state index contributed by atoms with van der Waals surface area (Å²) < 4.78 is 5.26. The van der Waals surface area contributed by atoms with Gasteiger partial charge in [-0.05, 0) is 72.4 Å². The first-order valence-electron chi connectivity index (χ1n) is 9.61. The third-order valence-electron chi connectivity index (χ3n) is 5.29. The number of methoxy groups -OCH3 is 1. The molecule has 0 radical (unpaired) electrons. The Labute approximate surface area is 164 Å². The Bertz CT molecular complexity index is 974. The molecule has 0 atom stereocenters. The largest absolute Gasteiger partial charge is 0.497 e. The van der Waals surface area contributed by atoms with Crippen LogP contribution in [0.4, 0.5) is 0 Å². The van der Waals surface area contributed by atoms with Gasteiger partial charge < -0.3 is 9.84 Å². The van der Waals surface area contributed by atoms with Crippen LogP contribution in [0.15, 0.2) is 60.8 Å². The molecule has 0 bridgehead atoms. The Morgan fingerprint density at radius 3 is 2.36 bits per heavy atom. The van der Waals surface area contributed by atoms with Crippen LogP contribution in [-0.2, 0) is 6.42 Å². The van der Waals surface area contributed by atoms with Crippen molar-refractivity contribution in [3.05, 3.63) is 71.9 Å². The van der Waals surface area contributed by atoms with Gasteiger partial charge in [0.2, 0.25) is 0 Å². The third kappa shape index (κ3) is 4.06. The first-order chi connectivity index (χ1) is 13.6. The van der Waals surface area contributed by atoms with Crippen LogP contribution < -0.4 is 4.74 Å². The maximum atomic E-state index is 11.2. The molecule has 1 saturated carbocycles. The number of carbonyl (C=O) groups is 1. The number of benzene rings is 2. The van der Waals surface area contributed by atoms with E-state index in [4.69, 9.17) is 9.72 Å². The Balaban J connectivity index is 1.73. The summed E-state index contributed by atoms with van der Waals surface area (Å²) in [6.45, 7) is 0. The highest BCUT2D eigenvalue weighted by Crippen LogP contribution is 2.35. The van der Waals surface area contributed by atoms with Crippen molar-refractivity contribution < 1.29 is 14.6 Å². The second kappa shape index (κ2) is 7.85. The van der Waals surface area contributed by atoms with Crippen molar-refractivity contribution in [2.75, 3.05) is 7.11 Å². The number of aromatic carboxylic acids is 1. The zero-order valence-electron chi connectivity index (χ0n) is 15.9. The maximum Gasteiger partial charge on any atom is 0.335 e. The summed E-state index contributed by atoms with van der Waals surface area (Å²) in [5.74, 6) is 0.759. The van der Waals surface area contributed by atoms with E-state index in [0.29, 0.717) is 0 Å². The summed E-state index contributed by atoms with van der Waals surface area (Å²) in [5.41, 5.74) is 5.40. The van der Waals surface area contributed by atoms with Crippen molar-refractivity contribution in [3.63, 3.8) is 0 Å². The van der Waals surface area contributed by atoms with Gasteiger partial charge in [0, 0.05) is 17.3 Å². The molecule has 1 aromatic heterocycles. The lowest BCUT2D eigenvalue weighted by Crippen LogP contribution is -1.97. The van der Waals surface area contributed by atoms with Crippen molar-refractivity contribution in [2.24, 2.45) is 5.92 Å². The van der Waals surface area contributed by atoms with Crippen molar-refractivity contribution >= 4 is 5.97 Å². The number of hydrogen-bond donors (Lipinski definition) is 1. The van der Waals surface area contributed by atoms with Crippen molar-refractivity contribution in [1.82, 2.24) is 4.98 Å². The van der Waals surface area contributed by atoms with Gasteiger partial charge in [0.05, 0.1) is 18.4 Å². The molecule has 0 spiro atoms. The monoisotopic (exact) mass is 373 g/mol. The van der Waals surface area contributed by atoms with Crippen LogP contribution in [0.2, 0.25) is 0 Å². The lowest BCUT2D eigenvalue weighted by atomic mass is 9.96. The van der Waals surface area contributed by atoms with Gasteiger partial charge in [0.25, 0.3) is 0 Å². The average molecular weight is 373 g/mol. The molecule has 0 amide bonds. The molecule has 4 rings (SSSR count). The molecule has 142 valence electrons. The third-order valence-corrected chi connectivity index (χ3v) is 5.29. The second-order valence-corrected chi connectivity index (χ2v) is 7.33. The van der Waals surface area contributed by atoms with E-state index in [-0.39, 0.29) is 5.56 Å². The van der Waals surface area contributed by atoms with E-state index in [0.717, 1.165) is 40.5 Å². The predicted octanol–water partition coefficient (Wildman–Crippen LogP) is 5.47. The Hall–Kier alpha value is -3.14. The molecule has 0 saturated heterocycles. The van der Waals surface area contributed by atoms with Crippen LogP contribution in [0.1, 0.15) is 35.2 Å². The van der Waals surface area contributed by atoms with Gasteiger partial charge in [0.15, 0.2) is 0 Å². The fourth-order valence-corrected chi connectivity index (χ4v) is 3.41. The molecule has 1 N–H and O–H groups in total. The summed E-state index contributed by atoms with van der Waals surface area (Å²) >= 11 is 0. The summed E-state index contributed by atoms with van der Waals surface area (Å²) in [5, 5.41) is 9.18. The molecule has 1 fully saturated rings. The van der Waals surface area contributed by atoms with Gasteiger partial charge >= 0.3 is 5.97 Å². The van der Waals surface area contributed by atoms with E-state index in [1.165, 1.54) is 24.8 Å². The quantitative estimate of drug-likeness (QED) is 0.597. The smallest absolute Gasteiger partial charge is 0.335 e. The number of rotatable bonds is 7. The molecule has 28 heavy (non-hydrogen) atoms. The van der Waals surface area contributed by atoms with E-state index in [1.807, 2.05) is 42.6 Å². The van der Waals surface area contributed by atoms with Crippen molar-refractivity contribution in [2.45, 2.75) is 25.7 Å². The highest BCUT2D eigenvalue weighted by atomic mass is 16.5. The summed E-state index contributed by atoms with van der Waals surface area (Å²) in [6, 6.07) is 17.1. The van der Waals surface area contributed by atoms with Crippen LogP contribution in [-0.4, -0.2) is 23.2 Å². The number of aryl methyl sites for hydroxylation is 1. The number of hydrogen-bond acceptors (Lipinski definition) is 3. The van der Waals surface area contributed by atoms with Gasteiger partial charge in [-0.2, -0.15) is 0 Å². The zero-order valence-corrected chi connectivity index (χ0v) is 15.9. The minimum Gasteiger partial charge on any atom is -0.497 e. The van der Waals surface area contributed by atoms with Gasteiger partial charge in [-0.3, -0.25) is 4.98 Å². The van der Waals surface area contributed by atoms with E-state index in [1.54, 1.807) is 19.2 Å². The van der Waals surface area contributed by atoms with Crippen LogP contribution in [0.5, 0.6) is 5.75 Å². The SMILES string of the molecule is COc1ccc(-c2ncc(CCC3CC3)cc2-c2ccc(C(=O)O)cc2)cc1. The lowest BCUT2D eigenvalue weighted by Gasteiger charge is -2.13. The molecule has 0 aliphatic heterocycles. The van der Waals surface area contributed by atoms with E-state index in [2.05, 4.69) is 6.07 Å². The van der Waals surface area contributed by atoms with Gasteiger partial charge in [0.1, 0.15) is 5.75 Å². The molecule has 3 aromatic rings. The van der Waals surface area contributed by atoms with E-state index >= 15 is 0 Å². The van der Waals surface area contributed by atoms with E-state index in [9.17, 15) is 9.90 Å². The fourth-order valence-electron chi connectivity index (χ4n) is 3.41. The lowest BCUT2D eigenvalue weighted by molar-refractivity contribution is 0.0697. The number of pyridine rings is 1. The van der Waals surface area contributed by atoms with Crippen molar-refractivity contribution in [1.29, 1.82) is 0 Å². The normalized spacial score (nSPS) is 13.3. The Morgan fingerprint density at radius 2 is 1.75 bits per heavy atom. The summed E-state index contributed by atoms with van der Waals surface area (Å²) in [7, 11) is 1.65. The highest BCUT2D eigenvalue weighted by Gasteiger charge is 2.21. The van der Waals surface area contributed by atoms with Crippen LogP contribution in [0.25, 0.3) is 22.4 Å². The number of aromatic nitrogens is 1. The van der Waals surface area contributed by atoms with Gasteiger partial charge in [-0.25, -0.2) is 4.79 Å². The minimum atomic E-state index is -0.918. The van der Waals surface area contributed by atoms with Crippen LogP contribution >= 0.6 is 0 Å². The molecule has 1 aliphatic rings. The minimum absolute atomic E-state index is 0.285. The molecule has 4 heteroatoms.